The summed E-state index contributed by atoms with van der Waals surface area (Å²) in [6.07, 6.45) is 0.533. The lowest BCUT2D eigenvalue weighted by molar-refractivity contribution is -0.140. The Hall–Kier alpha value is -2.54. The van der Waals surface area contributed by atoms with Crippen LogP contribution in [0.15, 0.2) is 48.0 Å². The maximum Gasteiger partial charge on any atom is 0.295 e. The van der Waals surface area contributed by atoms with Gasteiger partial charge >= 0.3 is 0 Å². The minimum absolute atomic E-state index is 0.0178. The van der Waals surface area contributed by atoms with Crippen LogP contribution in [-0.4, -0.2) is 48.6 Å². The number of nitrogens with zero attached hydrogens (tertiary/aromatic N) is 1. The summed E-state index contributed by atoms with van der Waals surface area (Å²) in [6.45, 7) is 3.16. The molecule has 0 bridgehead atoms. The molecule has 1 amide bonds. The van der Waals surface area contributed by atoms with Crippen molar-refractivity contribution in [2.24, 2.45) is 0 Å². The van der Waals surface area contributed by atoms with Gasteiger partial charge in [-0.1, -0.05) is 29.3 Å². The molecule has 1 aliphatic rings. The van der Waals surface area contributed by atoms with E-state index in [2.05, 4.69) is 0 Å². The van der Waals surface area contributed by atoms with Crippen LogP contribution in [-0.2, 0) is 14.3 Å². The number of ether oxygens (including phenoxy) is 2. The summed E-state index contributed by atoms with van der Waals surface area (Å²) in [4.78, 5) is 27.3. The molecule has 0 saturated carbocycles. The van der Waals surface area contributed by atoms with E-state index in [-0.39, 0.29) is 17.9 Å². The molecule has 1 N–H and O–H groups in total. The standard InChI is InChI=1S/C23H23Cl2NO5/c1-3-31-12-4-11-26-20(17-10-7-15(24)13-18(17)25)19(22(28)23(26)29)21(27)14-5-8-16(30-2)9-6-14/h5-10,13,20,27H,3-4,11-12H2,1-2H3/b21-19+. The van der Waals surface area contributed by atoms with Crippen LogP contribution in [0.5, 0.6) is 5.75 Å². The highest BCUT2D eigenvalue weighted by molar-refractivity contribution is 6.47. The van der Waals surface area contributed by atoms with Gasteiger partial charge in [-0.3, -0.25) is 9.59 Å². The maximum absolute atomic E-state index is 13.0. The fourth-order valence-corrected chi connectivity index (χ4v) is 4.05. The van der Waals surface area contributed by atoms with Crippen LogP contribution < -0.4 is 4.74 Å². The molecule has 0 aromatic heterocycles. The number of hydrogen-bond acceptors (Lipinski definition) is 5. The number of Topliss-reactive ketones (excluding diaryl/α,β-unsaturated/α-hetero) is 1. The van der Waals surface area contributed by atoms with Crippen molar-refractivity contribution in [1.29, 1.82) is 0 Å². The molecular formula is C23H23Cl2NO5. The maximum atomic E-state index is 13.0. The number of likely N-dealkylation sites (tertiary alicyclic amines) is 1. The molecule has 0 spiro atoms. The van der Waals surface area contributed by atoms with Gasteiger partial charge in [-0.25, -0.2) is 0 Å². The van der Waals surface area contributed by atoms with Crippen molar-refractivity contribution in [3.8, 4) is 5.75 Å². The van der Waals surface area contributed by atoms with E-state index in [0.29, 0.717) is 46.6 Å². The smallest absolute Gasteiger partial charge is 0.295 e. The molecule has 8 heteroatoms. The van der Waals surface area contributed by atoms with Gasteiger partial charge in [-0.2, -0.15) is 0 Å². The van der Waals surface area contributed by atoms with Crippen LogP contribution in [0, 0.1) is 0 Å². The van der Waals surface area contributed by atoms with Gasteiger partial charge in [0.25, 0.3) is 11.7 Å². The van der Waals surface area contributed by atoms with Gasteiger partial charge in [0, 0.05) is 35.4 Å². The molecule has 31 heavy (non-hydrogen) atoms. The number of amides is 1. The van der Waals surface area contributed by atoms with Gasteiger partial charge in [0.15, 0.2) is 0 Å². The number of hydrogen-bond donors (Lipinski definition) is 1. The van der Waals surface area contributed by atoms with Crippen molar-refractivity contribution in [1.82, 2.24) is 4.90 Å². The summed E-state index contributed by atoms with van der Waals surface area (Å²) in [7, 11) is 1.53. The van der Waals surface area contributed by atoms with Crippen LogP contribution in [0.1, 0.15) is 30.5 Å². The predicted octanol–water partition coefficient (Wildman–Crippen LogP) is 4.85. The van der Waals surface area contributed by atoms with Gasteiger partial charge in [-0.15, -0.1) is 0 Å². The van der Waals surface area contributed by atoms with E-state index in [1.54, 1.807) is 42.5 Å². The highest BCUT2D eigenvalue weighted by atomic mass is 35.5. The first-order valence-corrected chi connectivity index (χ1v) is 10.6. The Kier molecular flexibility index (Phi) is 7.59. The van der Waals surface area contributed by atoms with E-state index < -0.39 is 17.7 Å². The minimum atomic E-state index is -0.839. The van der Waals surface area contributed by atoms with E-state index in [1.807, 2.05) is 6.92 Å². The molecule has 164 valence electrons. The molecule has 3 rings (SSSR count). The van der Waals surface area contributed by atoms with E-state index >= 15 is 0 Å². The van der Waals surface area contributed by atoms with Crippen LogP contribution in [0.25, 0.3) is 5.76 Å². The summed E-state index contributed by atoms with van der Waals surface area (Å²) >= 11 is 12.5. The largest absolute Gasteiger partial charge is 0.507 e. The lowest BCUT2D eigenvalue weighted by Gasteiger charge is -2.26. The number of rotatable bonds is 8. The third-order valence-electron chi connectivity index (χ3n) is 5.05. The Bertz CT molecular complexity index is 1000. The molecule has 2 aromatic rings. The Morgan fingerprint density at radius 1 is 1.13 bits per heavy atom. The second kappa shape index (κ2) is 10.2. The fourth-order valence-electron chi connectivity index (χ4n) is 3.54. The first-order valence-electron chi connectivity index (χ1n) is 9.84. The van der Waals surface area contributed by atoms with Crippen LogP contribution in [0.3, 0.4) is 0 Å². The summed E-state index contributed by atoms with van der Waals surface area (Å²) in [6, 6.07) is 10.6. The Morgan fingerprint density at radius 3 is 2.45 bits per heavy atom. The number of methoxy groups -OCH3 is 1. The SMILES string of the molecule is CCOCCCN1C(=O)C(=O)/C(=C(/O)c2ccc(OC)cc2)C1c1ccc(Cl)cc1Cl. The second-order valence-electron chi connectivity index (χ2n) is 6.94. The van der Waals surface area contributed by atoms with Crippen molar-refractivity contribution in [3.63, 3.8) is 0 Å². The first kappa shape index (κ1) is 23.1. The summed E-state index contributed by atoms with van der Waals surface area (Å²) in [5.74, 6) is -1.13. The van der Waals surface area contributed by atoms with E-state index in [4.69, 9.17) is 32.7 Å². The Morgan fingerprint density at radius 2 is 1.84 bits per heavy atom. The third kappa shape index (κ3) is 4.87. The predicted molar refractivity (Wildman–Crippen MR) is 120 cm³/mol. The lowest BCUT2D eigenvalue weighted by Crippen LogP contribution is -2.31. The van der Waals surface area contributed by atoms with Crippen molar-refractivity contribution < 1.29 is 24.2 Å². The molecule has 1 atom stereocenters. The lowest BCUT2D eigenvalue weighted by atomic mass is 9.95. The van der Waals surface area contributed by atoms with Crippen molar-refractivity contribution in [2.75, 3.05) is 26.9 Å². The molecule has 0 aliphatic carbocycles. The van der Waals surface area contributed by atoms with E-state index in [0.717, 1.165) is 0 Å². The number of carbonyl (C=O) groups excluding carboxylic acids is 2. The van der Waals surface area contributed by atoms with E-state index in [1.165, 1.54) is 12.0 Å². The molecule has 1 fully saturated rings. The average Bonchev–Trinajstić information content (AvgIpc) is 3.01. The number of halogens is 2. The summed E-state index contributed by atoms with van der Waals surface area (Å²) in [5, 5.41) is 11.8. The topological polar surface area (TPSA) is 76.1 Å². The monoisotopic (exact) mass is 463 g/mol. The molecule has 1 aliphatic heterocycles. The minimum Gasteiger partial charge on any atom is -0.507 e. The Labute approximate surface area is 191 Å². The van der Waals surface area contributed by atoms with Crippen molar-refractivity contribution >= 4 is 40.7 Å². The highest BCUT2D eigenvalue weighted by Crippen LogP contribution is 2.42. The first-order chi connectivity index (χ1) is 14.9. The van der Waals surface area contributed by atoms with Gasteiger partial charge in [0.05, 0.1) is 18.7 Å². The summed E-state index contributed by atoms with van der Waals surface area (Å²) in [5.41, 5.74) is 0.885. The van der Waals surface area contributed by atoms with Crippen LogP contribution >= 0.6 is 23.2 Å². The number of carbonyl (C=O) groups is 2. The van der Waals surface area contributed by atoms with Crippen molar-refractivity contribution in [3.05, 3.63) is 69.2 Å². The normalized spacial score (nSPS) is 17.9. The second-order valence-corrected chi connectivity index (χ2v) is 7.78. The average molecular weight is 464 g/mol. The quantitative estimate of drug-likeness (QED) is 0.262. The van der Waals surface area contributed by atoms with Crippen LogP contribution in [0.2, 0.25) is 10.0 Å². The zero-order chi connectivity index (χ0) is 22.5. The fraction of sp³-hybridized carbons (Fsp3) is 0.304. The zero-order valence-electron chi connectivity index (χ0n) is 17.2. The molecule has 1 heterocycles. The zero-order valence-corrected chi connectivity index (χ0v) is 18.7. The number of ketones is 1. The number of aliphatic hydroxyl groups is 1. The van der Waals surface area contributed by atoms with Gasteiger partial charge < -0.3 is 19.5 Å². The van der Waals surface area contributed by atoms with Crippen molar-refractivity contribution in [2.45, 2.75) is 19.4 Å². The summed E-state index contributed by atoms with van der Waals surface area (Å²) < 4.78 is 10.5. The number of benzene rings is 2. The highest BCUT2D eigenvalue weighted by Gasteiger charge is 2.46. The van der Waals surface area contributed by atoms with Gasteiger partial charge in [-0.05, 0) is 55.3 Å². The molecule has 1 unspecified atom stereocenters. The molecule has 1 saturated heterocycles. The van der Waals surface area contributed by atoms with Crippen LogP contribution in [0.4, 0.5) is 0 Å². The molecular weight excluding hydrogens is 441 g/mol. The molecule has 0 radical (unpaired) electrons. The Balaban J connectivity index is 2.09. The van der Waals surface area contributed by atoms with E-state index in [9.17, 15) is 14.7 Å². The molecule has 6 nitrogen and oxygen atoms in total. The van der Waals surface area contributed by atoms with Gasteiger partial charge in [0.2, 0.25) is 0 Å². The number of aliphatic hydroxyl groups excluding tert-OH is 1. The third-order valence-corrected chi connectivity index (χ3v) is 5.61. The van der Waals surface area contributed by atoms with Gasteiger partial charge in [0.1, 0.15) is 11.5 Å². The molecule has 2 aromatic carbocycles.